The summed E-state index contributed by atoms with van der Waals surface area (Å²) in [6.07, 6.45) is 6.38. The molecule has 4 rings (SSSR count). The number of hydrogen-bond acceptors (Lipinski definition) is 6. The highest BCUT2D eigenvalue weighted by atomic mass is 16.5. The highest BCUT2D eigenvalue weighted by Gasteiger charge is 2.22. The molecule has 1 aliphatic carbocycles. The van der Waals surface area contributed by atoms with Crippen LogP contribution in [0.25, 0.3) is 0 Å². The first kappa shape index (κ1) is 21.1. The van der Waals surface area contributed by atoms with Gasteiger partial charge in [-0.05, 0) is 69.6 Å². The standard InChI is InChI=1S/C25H31N5O/c1-30(2)22-12-8-20(9-13-22)28-24-16-25(27-18-26-24)29-21-10-14-23(15-11-21)31-17-19-6-4-3-5-7-19/h3-7,10-11,14-16,18,20,22H,8-9,12-13,17H2,1-2H3,(H2,26,27,28,29). The van der Waals surface area contributed by atoms with Gasteiger partial charge in [0.2, 0.25) is 0 Å². The van der Waals surface area contributed by atoms with Crippen LogP contribution in [0.15, 0.2) is 67.0 Å². The van der Waals surface area contributed by atoms with Crippen molar-refractivity contribution in [3.8, 4) is 5.75 Å². The molecule has 2 N–H and O–H groups in total. The van der Waals surface area contributed by atoms with Gasteiger partial charge in [0.1, 0.15) is 30.3 Å². The van der Waals surface area contributed by atoms with Crippen molar-refractivity contribution in [3.05, 3.63) is 72.6 Å². The van der Waals surface area contributed by atoms with Crippen molar-refractivity contribution in [1.29, 1.82) is 0 Å². The first-order valence-electron chi connectivity index (χ1n) is 10.9. The summed E-state index contributed by atoms with van der Waals surface area (Å²) >= 11 is 0. The van der Waals surface area contributed by atoms with Crippen LogP contribution < -0.4 is 15.4 Å². The van der Waals surface area contributed by atoms with Crippen LogP contribution in [-0.2, 0) is 6.61 Å². The summed E-state index contributed by atoms with van der Waals surface area (Å²) in [5.74, 6) is 2.49. The second-order valence-corrected chi connectivity index (χ2v) is 8.33. The van der Waals surface area contributed by atoms with Crippen molar-refractivity contribution in [2.24, 2.45) is 0 Å². The number of rotatable bonds is 8. The van der Waals surface area contributed by atoms with E-state index < -0.39 is 0 Å². The summed E-state index contributed by atoms with van der Waals surface area (Å²) in [4.78, 5) is 11.1. The van der Waals surface area contributed by atoms with E-state index in [2.05, 4.69) is 51.7 Å². The van der Waals surface area contributed by atoms with E-state index in [1.165, 1.54) is 25.7 Å². The van der Waals surface area contributed by atoms with Gasteiger partial charge in [-0.15, -0.1) is 0 Å². The monoisotopic (exact) mass is 417 g/mol. The van der Waals surface area contributed by atoms with Crippen molar-refractivity contribution >= 4 is 17.3 Å². The summed E-state index contributed by atoms with van der Waals surface area (Å²) in [5.41, 5.74) is 2.11. The summed E-state index contributed by atoms with van der Waals surface area (Å²) in [6, 6.07) is 21.2. The SMILES string of the molecule is CN(C)C1CCC(Nc2cc(Nc3ccc(OCc4ccccc4)cc3)ncn2)CC1. The van der Waals surface area contributed by atoms with Gasteiger partial charge in [-0.1, -0.05) is 30.3 Å². The van der Waals surface area contributed by atoms with Gasteiger partial charge in [-0.25, -0.2) is 9.97 Å². The topological polar surface area (TPSA) is 62.3 Å². The van der Waals surface area contributed by atoms with Gasteiger partial charge in [0.05, 0.1) is 0 Å². The number of benzene rings is 2. The normalized spacial score (nSPS) is 18.5. The quantitative estimate of drug-likeness (QED) is 0.533. The first-order valence-corrected chi connectivity index (χ1v) is 10.9. The Morgan fingerprint density at radius 2 is 1.61 bits per heavy atom. The van der Waals surface area contributed by atoms with Crippen LogP contribution in [0.5, 0.6) is 5.75 Å². The molecule has 1 aromatic heterocycles. The Bertz CT molecular complexity index is 938. The second kappa shape index (κ2) is 10.3. The molecule has 1 fully saturated rings. The van der Waals surface area contributed by atoms with E-state index in [1.807, 2.05) is 48.5 Å². The Labute approximate surface area is 184 Å². The molecule has 6 nitrogen and oxygen atoms in total. The van der Waals surface area contributed by atoms with Crippen molar-refractivity contribution in [2.45, 2.75) is 44.4 Å². The maximum Gasteiger partial charge on any atom is 0.135 e. The molecule has 0 unspecified atom stereocenters. The molecule has 1 saturated carbocycles. The molecular formula is C25H31N5O. The van der Waals surface area contributed by atoms with Crippen LogP contribution in [0.2, 0.25) is 0 Å². The van der Waals surface area contributed by atoms with Gasteiger partial charge in [0, 0.05) is 23.8 Å². The summed E-state index contributed by atoms with van der Waals surface area (Å²) in [6.45, 7) is 0.561. The van der Waals surface area contributed by atoms with Crippen LogP contribution in [0.3, 0.4) is 0 Å². The smallest absolute Gasteiger partial charge is 0.135 e. The molecule has 0 aliphatic heterocycles. The van der Waals surface area contributed by atoms with Crippen LogP contribution in [0.1, 0.15) is 31.2 Å². The fraction of sp³-hybridized carbons (Fsp3) is 0.360. The van der Waals surface area contributed by atoms with Gasteiger partial charge >= 0.3 is 0 Å². The van der Waals surface area contributed by atoms with E-state index >= 15 is 0 Å². The molecule has 162 valence electrons. The number of anilines is 3. The van der Waals surface area contributed by atoms with Crippen LogP contribution in [-0.4, -0.2) is 41.0 Å². The second-order valence-electron chi connectivity index (χ2n) is 8.33. The van der Waals surface area contributed by atoms with Gasteiger partial charge in [-0.3, -0.25) is 0 Å². The maximum atomic E-state index is 5.86. The van der Waals surface area contributed by atoms with Crippen molar-refractivity contribution in [2.75, 3.05) is 24.7 Å². The van der Waals surface area contributed by atoms with Gasteiger partial charge < -0.3 is 20.3 Å². The maximum absolute atomic E-state index is 5.86. The summed E-state index contributed by atoms with van der Waals surface area (Å²) < 4.78 is 5.86. The highest BCUT2D eigenvalue weighted by molar-refractivity contribution is 5.59. The van der Waals surface area contributed by atoms with Gasteiger partial charge in [0.25, 0.3) is 0 Å². The van der Waals surface area contributed by atoms with E-state index in [-0.39, 0.29) is 0 Å². The molecule has 0 spiro atoms. The molecular weight excluding hydrogens is 386 g/mol. The molecule has 0 amide bonds. The Morgan fingerprint density at radius 1 is 0.903 bits per heavy atom. The predicted molar refractivity (Wildman–Crippen MR) is 126 cm³/mol. The van der Waals surface area contributed by atoms with Gasteiger partial charge in [-0.2, -0.15) is 0 Å². The minimum atomic E-state index is 0.472. The molecule has 0 saturated heterocycles. The number of nitrogens with zero attached hydrogens (tertiary/aromatic N) is 3. The van der Waals surface area contributed by atoms with Crippen molar-refractivity contribution in [1.82, 2.24) is 14.9 Å². The number of ether oxygens (including phenoxy) is 1. The Balaban J connectivity index is 1.29. The number of nitrogens with one attached hydrogen (secondary N) is 2. The minimum Gasteiger partial charge on any atom is -0.489 e. The molecule has 0 radical (unpaired) electrons. The Morgan fingerprint density at radius 3 is 2.32 bits per heavy atom. The fourth-order valence-electron chi connectivity index (χ4n) is 3.97. The summed E-state index contributed by atoms with van der Waals surface area (Å²) in [7, 11) is 4.34. The van der Waals surface area contributed by atoms with Gasteiger partial charge in [0.15, 0.2) is 0 Å². The third kappa shape index (κ3) is 6.18. The largest absolute Gasteiger partial charge is 0.489 e. The zero-order chi connectivity index (χ0) is 21.5. The third-order valence-electron chi connectivity index (χ3n) is 5.82. The molecule has 31 heavy (non-hydrogen) atoms. The lowest BCUT2D eigenvalue weighted by atomic mass is 9.90. The van der Waals surface area contributed by atoms with E-state index in [1.54, 1.807) is 6.33 Å². The minimum absolute atomic E-state index is 0.472. The molecule has 6 heteroatoms. The first-order chi connectivity index (χ1) is 15.2. The van der Waals surface area contributed by atoms with E-state index in [0.29, 0.717) is 18.7 Å². The Hall–Kier alpha value is -3.12. The molecule has 2 aromatic carbocycles. The average Bonchev–Trinajstić information content (AvgIpc) is 2.80. The average molecular weight is 418 g/mol. The molecule has 1 aliphatic rings. The van der Waals surface area contributed by atoms with Crippen LogP contribution >= 0.6 is 0 Å². The summed E-state index contributed by atoms with van der Waals surface area (Å²) in [5, 5.41) is 6.93. The van der Waals surface area contributed by atoms with E-state index in [4.69, 9.17) is 4.74 Å². The van der Waals surface area contributed by atoms with Crippen molar-refractivity contribution < 1.29 is 4.74 Å². The molecule has 1 heterocycles. The zero-order valence-corrected chi connectivity index (χ0v) is 18.3. The lowest BCUT2D eigenvalue weighted by Gasteiger charge is -2.33. The fourth-order valence-corrected chi connectivity index (χ4v) is 3.97. The van der Waals surface area contributed by atoms with E-state index in [0.717, 1.165) is 28.6 Å². The Kier molecular flexibility index (Phi) is 6.99. The lowest BCUT2D eigenvalue weighted by molar-refractivity contribution is 0.221. The lowest BCUT2D eigenvalue weighted by Crippen LogP contribution is -2.36. The number of hydrogen-bond donors (Lipinski definition) is 2. The number of aromatic nitrogens is 2. The molecule has 0 atom stereocenters. The van der Waals surface area contributed by atoms with Crippen LogP contribution in [0, 0.1) is 0 Å². The third-order valence-corrected chi connectivity index (χ3v) is 5.82. The van der Waals surface area contributed by atoms with E-state index in [9.17, 15) is 0 Å². The van der Waals surface area contributed by atoms with Crippen molar-refractivity contribution in [3.63, 3.8) is 0 Å². The molecule has 3 aromatic rings. The zero-order valence-electron chi connectivity index (χ0n) is 18.3. The van der Waals surface area contributed by atoms with Crippen LogP contribution in [0.4, 0.5) is 17.3 Å². The molecule has 0 bridgehead atoms. The predicted octanol–water partition coefficient (Wildman–Crippen LogP) is 5.08. The highest BCUT2D eigenvalue weighted by Crippen LogP contribution is 2.25.